The minimum atomic E-state index is -0.669. The van der Waals surface area contributed by atoms with E-state index >= 15 is 0 Å². The van der Waals surface area contributed by atoms with Crippen LogP contribution in [0.5, 0.6) is 0 Å². The molecular weight excluding hydrogens is 887 g/mol. The predicted molar refractivity (Wildman–Crippen MR) is 315 cm³/mol. The van der Waals surface area contributed by atoms with E-state index in [0.717, 1.165) is 38.5 Å². The van der Waals surface area contributed by atoms with Gasteiger partial charge in [0.2, 0.25) is 5.91 Å². The molecule has 6 nitrogen and oxygen atoms in total. The van der Waals surface area contributed by atoms with Gasteiger partial charge in [-0.3, -0.25) is 9.59 Å². The lowest BCUT2D eigenvalue weighted by Gasteiger charge is -2.22. The second kappa shape index (κ2) is 62.1. The van der Waals surface area contributed by atoms with E-state index in [9.17, 15) is 19.8 Å². The monoisotopic (exact) mass is 1020 g/mol. The van der Waals surface area contributed by atoms with Crippen LogP contribution in [-0.2, 0) is 14.3 Å². The Morgan fingerprint density at radius 3 is 0.986 bits per heavy atom. The molecule has 2 unspecified atom stereocenters. The van der Waals surface area contributed by atoms with Crippen LogP contribution in [0.4, 0.5) is 0 Å². The Kier molecular flexibility index (Phi) is 60.9. The topological polar surface area (TPSA) is 95.9 Å². The van der Waals surface area contributed by atoms with Crippen molar-refractivity contribution in [3.63, 3.8) is 0 Å². The number of allylic oxidation sites excluding steroid dienone is 2. The number of carbonyl (C=O) groups is 2. The van der Waals surface area contributed by atoms with Gasteiger partial charge in [0.05, 0.1) is 25.4 Å². The molecule has 0 spiro atoms. The quantitative estimate of drug-likeness (QED) is 0.0320. The van der Waals surface area contributed by atoms with Gasteiger partial charge in [-0.05, 0) is 51.4 Å². The average molecular weight is 1020 g/mol. The van der Waals surface area contributed by atoms with Crippen molar-refractivity contribution in [2.45, 2.75) is 386 Å². The highest BCUT2D eigenvalue weighted by molar-refractivity contribution is 5.76. The molecule has 0 rings (SSSR count). The summed E-state index contributed by atoms with van der Waals surface area (Å²) in [6.45, 7) is 4.98. The maximum absolute atomic E-state index is 12.5. The molecule has 0 aromatic carbocycles. The van der Waals surface area contributed by atoms with E-state index in [2.05, 4.69) is 31.3 Å². The van der Waals surface area contributed by atoms with Crippen molar-refractivity contribution in [2.24, 2.45) is 0 Å². The van der Waals surface area contributed by atoms with E-state index in [0.29, 0.717) is 25.9 Å². The Bertz CT molecular complexity index is 1080. The van der Waals surface area contributed by atoms with Crippen LogP contribution < -0.4 is 5.32 Å². The zero-order valence-electron chi connectivity index (χ0n) is 48.9. The molecule has 0 aliphatic rings. The van der Waals surface area contributed by atoms with Gasteiger partial charge < -0.3 is 20.3 Å². The summed E-state index contributed by atoms with van der Waals surface area (Å²) in [6, 6.07) is -0.547. The molecule has 0 aliphatic carbocycles. The lowest BCUT2D eigenvalue weighted by molar-refractivity contribution is -0.143. The molecule has 1 amide bonds. The van der Waals surface area contributed by atoms with Crippen LogP contribution in [-0.4, -0.2) is 47.4 Å². The minimum absolute atomic E-state index is 0.0125. The van der Waals surface area contributed by atoms with Crippen LogP contribution in [0.1, 0.15) is 373 Å². The number of hydrogen-bond acceptors (Lipinski definition) is 5. The van der Waals surface area contributed by atoms with Crippen molar-refractivity contribution in [2.75, 3.05) is 13.2 Å². The number of aliphatic hydroxyl groups is 2. The van der Waals surface area contributed by atoms with Crippen molar-refractivity contribution < 1.29 is 24.5 Å². The van der Waals surface area contributed by atoms with Crippen molar-refractivity contribution in [3.8, 4) is 0 Å². The van der Waals surface area contributed by atoms with Crippen molar-refractivity contribution >= 4 is 11.9 Å². The van der Waals surface area contributed by atoms with Gasteiger partial charge in [-0.2, -0.15) is 0 Å². The lowest BCUT2D eigenvalue weighted by atomic mass is 10.0. The second-order valence-electron chi connectivity index (χ2n) is 22.8. The molecule has 0 saturated heterocycles. The number of rotatable bonds is 62. The van der Waals surface area contributed by atoms with Crippen molar-refractivity contribution in [3.05, 3.63) is 12.2 Å². The van der Waals surface area contributed by atoms with Gasteiger partial charge >= 0.3 is 5.97 Å². The number of unbranched alkanes of at least 4 members (excludes halogenated alkanes) is 49. The highest BCUT2D eigenvalue weighted by Crippen LogP contribution is 2.18. The highest BCUT2D eigenvalue weighted by Gasteiger charge is 2.20. The van der Waals surface area contributed by atoms with E-state index in [1.165, 1.54) is 302 Å². The van der Waals surface area contributed by atoms with E-state index in [1.807, 2.05) is 0 Å². The van der Waals surface area contributed by atoms with Gasteiger partial charge in [-0.1, -0.05) is 321 Å². The fraction of sp³-hybridized carbons (Fsp3) is 0.939. The van der Waals surface area contributed by atoms with Crippen LogP contribution in [0.15, 0.2) is 12.2 Å². The average Bonchev–Trinajstić information content (AvgIpc) is 3.38. The molecular formula is C66H129NO5. The standard InChI is InChI=1S/C66H129NO5/c1-3-5-7-9-11-13-15-17-18-19-20-25-28-31-35-38-42-46-50-54-58-64(69)63(62-68)67-65(70)59-55-51-47-43-39-36-32-29-26-23-21-22-24-27-30-33-37-41-45-49-53-57-61-72-66(71)60-56-52-48-44-40-34-16-14-12-10-8-6-4-2/h23,26,63-64,68-69H,3-22,24-25,27-62H2,1-2H3,(H,67,70)/b26-23-. The summed E-state index contributed by atoms with van der Waals surface area (Å²) in [5, 5.41) is 23.4. The number of nitrogens with one attached hydrogen (secondary N) is 1. The summed E-state index contributed by atoms with van der Waals surface area (Å²) in [6.07, 6.45) is 75.2. The fourth-order valence-electron chi connectivity index (χ4n) is 10.5. The highest BCUT2D eigenvalue weighted by atomic mass is 16.5. The largest absolute Gasteiger partial charge is 0.466 e. The van der Waals surface area contributed by atoms with Gasteiger partial charge in [0, 0.05) is 12.8 Å². The second-order valence-corrected chi connectivity index (χ2v) is 22.8. The molecule has 2 atom stereocenters. The third-order valence-electron chi connectivity index (χ3n) is 15.6. The Morgan fingerprint density at radius 2 is 0.653 bits per heavy atom. The smallest absolute Gasteiger partial charge is 0.305 e. The molecule has 0 saturated carbocycles. The molecule has 0 heterocycles. The van der Waals surface area contributed by atoms with Crippen molar-refractivity contribution in [1.82, 2.24) is 5.32 Å². The minimum Gasteiger partial charge on any atom is -0.466 e. The fourth-order valence-corrected chi connectivity index (χ4v) is 10.5. The van der Waals surface area contributed by atoms with Crippen molar-refractivity contribution in [1.29, 1.82) is 0 Å². The first kappa shape index (κ1) is 70.6. The molecule has 6 heteroatoms. The summed E-state index contributed by atoms with van der Waals surface area (Å²) in [7, 11) is 0. The third kappa shape index (κ3) is 57.9. The van der Waals surface area contributed by atoms with Gasteiger partial charge in [-0.15, -0.1) is 0 Å². The Balaban J connectivity index is 3.41. The molecule has 0 bridgehead atoms. The molecule has 0 aromatic rings. The van der Waals surface area contributed by atoms with Crippen LogP contribution in [0.25, 0.3) is 0 Å². The maximum Gasteiger partial charge on any atom is 0.305 e. The molecule has 3 N–H and O–H groups in total. The van der Waals surface area contributed by atoms with Gasteiger partial charge in [0.1, 0.15) is 0 Å². The number of esters is 1. The summed E-state index contributed by atoms with van der Waals surface area (Å²) >= 11 is 0. The zero-order valence-corrected chi connectivity index (χ0v) is 48.9. The van der Waals surface area contributed by atoms with Gasteiger partial charge in [-0.25, -0.2) is 0 Å². The maximum atomic E-state index is 12.5. The van der Waals surface area contributed by atoms with E-state index < -0.39 is 12.1 Å². The van der Waals surface area contributed by atoms with Gasteiger partial charge in [0.15, 0.2) is 0 Å². The number of ether oxygens (including phenoxy) is 1. The summed E-state index contributed by atoms with van der Waals surface area (Å²) in [5.41, 5.74) is 0. The summed E-state index contributed by atoms with van der Waals surface area (Å²) < 4.78 is 5.48. The first-order chi connectivity index (χ1) is 35.5. The van der Waals surface area contributed by atoms with E-state index in [4.69, 9.17) is 4.74 Å². The molecule has 428 valence electrons. The number of hydrogen-bond donors (Lipinski definition) is 3. The zero-order chi connectivity index (χ0) is 52.2. The van der Waals surface area contributed by atoms with Crippen LogP contribution in [0.2, 0.25) is 0 Å². The van der Waals surface area contributed by atoms with Gasteiger partial charge in [0.25, 0.3) is 0 Å². The first-order valence-electron chi connectivity index (χ1n) is 32.9. The van der Waals surface area contributed by atoms with E-state index in [1.54, 1.807) is 0 Å². The SMILES string of the molecule is CCCCCCCCCCCCCCCCCCCCCCC(O)C(CO)NC(=O)CCCCCCCCC/C=C\CCCCCCCCCCCCCOC(=O)CCCCCCCCCCCCCCC. The van der Waals surface area contributed by atoms with Crippen LogP contribution in [0, 0.1) is 0 Å². The summed E-state index contributed by atoms with van der Waals surface area (Å²) in [5.74, 6) is -0.0254. The normalized spacial score (nSPS) is 12.6. The molecule has 0 aliphatic heterocycles. The molecule has 72 heavy (non-hydrogen) atoms. The number of carbonyl (C=O) groups excluding carboxylic acids is 2. The van der Waals surface area contributed by atoms with Crippen LogP contribution >= 0.6 is 0 Å². The Morgan fingerprint density at radius 1 is 0.375 bits per heavy atom. The van der Waals surface area contributed by atoms with E-state index in [-0.39, 0.29) is 18.5 Å². The van der Waals surface area contributed by atoms with Crippen LogP contribution in [0.3, 0.4) is 0 Å². The third-order valence-corrected chi connectivity index (χ3v) is 15.6. The Labute approximate surface area is 450 Å². The number of aliphatic hydroxyl groups excluding tert-OH is 2. The first-order valence-corrected chi connectivity index (χ1v) is 32.9. The molecule has 0 fully saturated rings. The molecule has 0 radical (unpaired) electrons. The lowest BCUT2D eigenvalue weighted by Crippen LogP contribution is -2.45. The Hall–Kier alpha value is -1.40. The predicted octanol–water partition coefficient (Wildman–Crippen LogP) is 20.8. The molecule has 0 aromatic heterocycles. The summed E-state index contributed by atoms with van der Waals surface area (Å²) in [4.78, 5) is 24.6. The number of amides is 1.